The minimum atomic E-state index is 0.273. The summed E-state index contributed by atoms with van der Waals surface area (Å²) in [5, 5.41) is 0. The topological polar surface area (TPSA) is 9.23 Å². The second-order valence-electron chi connectivity index (χ2n) is 3.27. The molecule has 1 aliphatic rings. The summed E-state index contributed by atoms with van der Waals surface area (Å²) in [6, 6.07) is 10.1. The number of hydrogen-bond donors (Lipinski definition) is 0. The minimum absolute atomic E-state index is 0.273. The summed E-state index contributed by atoms with van der Waals surface area (Å²) in [6.45, 7) is 3.80. The standard InChI is InChI=1S/C12H11BrO/c1-9-7-11(13)12(14-9)8-10-5-3-2-4-6-10/h2-6,8,11H,1,7H2/b12-8-. The van der Waals surface area contributed by atoms with Gasteiger partial charge in [-0.1, -0.05) is 52.8 Å². The third-order valence-corrected chi connectivity index (χ3v) is 2.86. The van der Waals surface area contributed by atoms with Crippen molar-refractivity contribution in [3.05, 3.63) is 54.0 Å². The molecule has 0 spiro atoms. The number of allylic oxidation sites excluding steroid dienone is 2. The second kappa shape index (κ2) is 4.01. The van der Waals surface area contributed by atoms with Gasteiger partial charge < -0.3 is 4.74 Å². The lowest BCUT2D eigenvalue weighted by molar-refractivity contribution is 0.347. The van der Waals surface area contributed by atoms with Crippen molar-refractivity contribution in [3.8, 4) is 0 Å². The maximum Gasteiger partial charge on any atom is 0.118 e. The highest BCUT2D eigenvalue weighted by Crippen LogP contribution is 2.32. The molecule has 0 radical (unpaired) electrons. The molecular formula is C12H11BrO. The first-order valence-electron chi connectivity index (χ1n) is 4.52. The molecule has 0 N–H and O–H groups in total. The van der Waals surface area contributed by atoms with E-state index in [1.165, 1.54) is 0 Å². The van der Waals surface area contributed by atoms with Crippen molar-refractivity contribution in [1.82, 2.24) is 0 Å². The SMILES string of the molecule is C=C1CC(Br)/C(=C/c2ccccc2)O1. The van der Waals surface area contributed by atoms with Crippen molar-refractivity contribution >= 4 is 22.0 Å². The molecule has 1 heterocycles. The molecule has 0 amide bonds. The van der Waals surface area contributed by atoms with Crippen LogP contribution in [0.3, 0.4) is 0 Å². The average molecular weight is 251 g/mol. The number of rotatable bonds is 1. The zero-order valence-electron chi connectivity index (χ0n) is 7.74. The maximum atomic E-state index is 5.50. The van der Waals surface area contributed by atoms with Gasteiger partial charge in [0, 0.05) is 6.42 Å². The van der Waals surface area contributed by atoms with Gasteiger partial charge in [-0.05, 0) is 11.6 Å². The van der Waals surface area contributed by atoms with E-state index in [1.807, 2.05) is 24.3 Å². The number of ether oxygens (including phenoxy) is 1. The van der Waals surface area contributed by atoms with Crippen LogP contribution in [0.2, 0.25) is 0 Å². The Hall–Kier alpha value is -1.02. The Morgan fingerprint density at radius 1 is 1.36 bits per heavy atom. The summed E-state index contributed by atoms with van der Waals surface area (Å²) in [5.41, 5.74) is 1.15. The Bertz CT molecular complexity index is 367. The summed E-state index contributed by atoms with van der Waals surface area (Å²) < 4.78 is 5.50. The van der Waals surface area contributed by atoms with Gasteiger partial charge in [0.2, 0.25) is 0 Å². The Kier molecular flexibility index (Phi) is 2.73. The van der Waals surface area contributed by atoms with Crippen molar-refractivity contribution in [1.29, 1.82) is 0 Å². The molecule has 1 atom stereocenters. The molecule has 0 bridgehead atoms. The van der Waals surface area contributed by atoms with Crippen molar-refractivity contribution in [3.63, 3.8) is 0 Å². The fourth-order valence-corrected chi connectivity index (χ4v) is 1.99. The zero-order chi connectivity index (χ0) is 9.97. The quantitative estimate of drug-likeness (QED) is 0.691. The summed E-state index contributed by atoms with van der Waals surface area (Å²) in [6.07, 6.45) is 2.90. The van der Waals surface area contributed by atoms with Crippen LogP contribution in [0.5, 0.6) is 0 Å². The Labute approximate surface area is 92.2 Å². The van der Waals surface area contributed by atoms with E-state index in [2.05, 4.69) is 34.6 Å². The van der Waals surface area contributed by atoms with Crippen molar-refractivity contribution in [2.75, 3.05) is 0 Å². The molecule has 72 valence electrons. The molecule has 14 heavy (non-hydrogen) atoms. The molecule has 1 aromatic rings. The first-order chi connectivity index (χ1) is 6.75. The highest BCUT2D eigenvalue weighted by atomic mass is 79.9. The minimum Gasteiger partial charge on any atom is -0.465 e. The van der Waals surface area contributed by atoms with Crippen molar-refractivity contribution in [2.24, 2.45) is 0 Å². The third kappa shape index (κ3) is 2.07. The van der Waals surface area contributed by atoms with E-state index in [0.29, 0.717) is 0 Å². The highest BCUT2D eigenvalue weighted by molar-refractivity contribution is 9.09. The summed E-state index contributed by atoms with van der Waals surface area (Å²) in [7, 11) is 0. The van der Waals surface area contributed by atoms with Crippen LogP contribution in [0.1, 0.15) is 12.0 Å². The molecule has 2 heteroatoms. The van der Waals surface area contributed by atoms with Gasteiger partial charge in [0.25, 0.3) is 0 Å². The van der Waals surface area contributed by atoms with Crippen LogP contribution in [0.25, 0.3) is 6.08 Å². The Balaban J connectivity index is 2.23. The number of hydrogen-bond acceptors (Lipinski definition) is 1. The summed E-state index contributed by atoms with van der Waals surface area (Å²) in [4.78, 5) is 0.273. The van der Waals surface area contributed by atoms with Crippen LogP contribution in [0.4, 0.5) is 0 Å². The zero-order valence-corrected chi connectivity index (χ0v) is 9.33. The van der Waals surface area contributed by atoms with Crippen molar-refractivity contribution in [2.45, 2.75) is 11.2 Å². The van der Waals surface area contributed by atoms with Gasteiger partial charge in [0.1, 0.15) is 5.76 Å². The molecule has 1 aromatic carbocycles. The van der Waals surface area contributed by atoms with E-state index in [0.717, 1.165) is 23.5 Å². The van der Waals surface area contributed by atoms with Crippen LogP contribution in [0.15, 0.2) is 48.4 Å². The van der Waals surface area contributed by atoms with E-state index >= 15 is 0 Å². The largest absolute Gasteiger partial charge is 0.465 e. The van der Waals surface area contributed by atoms with Crippen LogP contribution in [-0.4, -0.2) is 4.83 Å². The first kappa shape index (κ1) is 9.53. The number of alkyl halides is 1. The normalized spacial score (nSPS) is 23.9. The maximum absolute atomic E-state index is 5.50. The van der Waals surface area contributed by atoms with E-state index in [-0.39, 0.29) is 4.83 Å². The fraction of sp³-hybridized carbons (Fsp3) is 0.167. The van der Waals surface area contributed by atoms with E-state index in [4.69, 9.17) is 4.74 Å². The summed E-state index contributed by atoms with van der Waals surface area (Å²) >= 11 is 3.55. The summed E-state index contributed by atoms with van der Waals surface area (Å²) in [5.74, 6) is 1.77. The van der Waals surface area contributed by atoms with Crippen molar-refractivity contribution < 1.29 is 4.74 Å². The van der Waals surface area contributed by atoms with Gasteiger partial charge >= 0.3 is 0 Å². The molecule has 1 saturated heterocycles. The monoisotopic (exact) mass is 250 g/mol. The van der Waals surface area contributed by atoms with Gasteiger partial charge in [-0.25, -0.2) is 0 Å². The lowest BCUT2D eigenvalue weighted by atomic mass is 10.2. The molecule has 0 aliphatic carbocycles. The molecule has 2 rings (SSSR count). The molecule has 1 unspecified atom stereocenters. The predicted octanol–water partition coefficient (Wildman–Crippen LogP) is 3.73. The lowest BCUT2D eigenvalue weighted by Gasteiger charge is -2.01. The molecule has 1 aliphatic heterocycles. The molecule has 1 nitrogen and oxygen atoms in total. The third-order valence-electron chi connectivity index (χ3n) is 2.09. The smallest absolute Gasteiger partial charge is 0.118 e. The predicted molar refractivity (Wildman–Crippen MR) is 62.0 cm³/mol. The first-order valence-corrected chi connectivity index (χ1v) is 5.43. The van der Waals surface area contributed by atoms with Crippen LogP contribution in [0, 0.1) is 0 Å². The fourth-order valence-electron chi connectivity index (χ4n) is 1.41. The van der Waals surface area contributed by atoms with Gasteiger partial charge in [-0.15, -0.1) is 0 Å². The van der Waals surface area contributed by atoms with E-state index in [1.54, 1.807) is 0 Å². The number of halogens is 1. The van der Waals surface area contributed by atoms with E-state index < -0.39 is 0 Å². The van der Waals surface area contributed by atoms with Crippen LogP contribution < -0.4 is 0 Å². The Morgan fingerprint density at radius 2 is 2.07 bits per heavy atom. The van der Waals surface area contributed by atoms with Gasteiger partial charge in [-0.3, -0.25) is 0 Å². The van der Waals surface area contributed by atoms with Gasteiger partial charge in [-0.2, -0.15) is 0 Å². The Morgan fingerprint density at radius 3 is 2.64 bits per heavy atom. The molecule has 0 aromatic heterocycles. The lowest BCUT2D eigenvalue weighted by Crippen LogP contribution is -1.91. The molecule has 0 saturated carbocycles. The highest BCUT2D eigenvalue weighted by Gasteiger charge is 2.22. The number of benzene rings is 1. The molecular weight excluding hydrogens is 240 g/mol. The van der Waals surface area contributed by atoms with Crippen LogP contribution in [-0.2, 0) is 4.74 Å². The molecule has 1 fully saturated rings. The average Bonchev–Trinajstić information content (AvgIpc) is 2.47. The second-order valence-corrected chi connectivity index (χ2v) is 4.38. The van der Waals surface area contributed by atoms with Gasteiger partial charge in [0.15, 0.2) is 0 Å². The van der Waals surface area contributed by atoms with Crippen LogP contribution >= 0.6 is 15.9 Å². The van der Waals surface area contributed by atoms with Gasteiger partial charge in [0.05, 0.1) is 10.6 Å². The van der Waals surface area contributed by atoms with E-state index in [9.17, 15) is 0 Å².